The number of hydrogen-bond donors (Lipinski definition) is 1. The van der Waals surface area contributed by atoms with Crippen LogP contribution < -0.4 is 10.1 Å². The Labute approximate surface area is 153 Å². The van der Waals surface area contributed by atoms with Gasteiger partial charge in [0.1, 0.15) is 5.75 Å². The largest absolute Gasteiger partial charge is 0.484 e. The van der Waals surface area contributed by atoms with Crippen molar-refractivity contribution in [2.45, 2.75) is 39.7 Å². The van der Waals surface area contributed by atoms with Gasteiger partial charge in [-0.15, -0.1) is 0 Å². The molecule has 1 amide bonds. The van der Waals surface area contributed by atoms with Crippen LogP contribution in [0.25, 0.3) is 0 Å². The predicted molar refractivity (Wildman–Crippen MR) is 94.2 cm³/mol. The Morgan fingerprint density at radius 1 is 1.04 bits per heavy atom. The maximum absolute atomic E-state index is 12.0. The molecule has 1 aromatic carbocycles. The zero-order valence-electron chi connectivity index (χ0n) is 15.4. The molecule has 0 radical (unpaired) electrons. The molecule has 1 atom stereocenters. The fourth-order valence-electron chi connectivity index (χ4n) is 2.51. The topological polar surface area (TPSA) is 90.9 Å². The Morgan fingerprint density at radius 2 is 1.58 bits per heavy atom. The normalized spacial score (nSPS) is 14.3. The average Bonchev–Trinajstić information content (AvgIpc) is 3.45. The van der Waals surface area contributed by atoms with Gasteiger partial charge < -0.3 is 19.5 Å². The summed E-state index contributed by atoms with van der Waals surface area (Å²) >= 11 is 0. The molecule has 1 aliphatic carbocycles. The van der Waals surface area contributed by atoms with Crippen molar-refractivity contribution in [2.75, 3.05) is 19.8 Å². The van der Waals surface area contributed by atoms with Crippen molar-refractivity contribution < 1.29 is 28.6 Å². The highest BCUT2D eigenvalue weighted by molar-refractivity contribution is 5.96. The Hall–Kier alpha value is -2.57. The van der Waals surface area contributed by atoms with E-state index in [0.29, 0.717) is 5.92 Å². The van der Waals surface area contributed by atoms with Crippen LogP contribution >= 0.6 is 0 Å². The summed E-state index contributed by atoms with van der Waals surface area (Å²) in [7, 11) is 0. The van der Waals surface area contributed by atoms with Crippen molar-refractivity contribution in [3.63, 3.8) is 0 Å². The summed E-state index contributed by atoms with van der Waals surface area (Å²) in [6, 6.07) is 4.39. The van der Waals surface area contributed by atoms with Crippen LogP contribution in [-0.2, 0) is 14.3 Å². The average molecular weight is 363 g/mol. The van der Waals surface area contributed by atoms with Gasteiger partial charge in [-0.1, -0.05) is 0 Å². The second-order valence-electron chi connectivity index (χ2n) is 6.17. The first-order chi connectivity index (χ1) is 12.4. The van der Waals surface area contributed by atoms with Gasteiger partial charge in [-0.25, -0.2) is 9.59 Å². The maximum Gasteiger partial charge on any atom is 0.338 e. The molecular weight excluding hydrogens is 338 g/mol. The Kier molecular flexibility index (Phi) is 7.00. The predicted octanol–water partition coefficient (Wildman–Crippen LogP) is 2.33. The molecule has 0 unspecified atom stereocenters. The van der Waals surface area contributed by atoms with E-state index < -0.39 is 11.9 Å². The number of benzene rings is 1. The minimum absolute atomic E-state index is 0.118. The van der Waals surface area contributed by atoms with Crippen molar-refractivity contribution in [2.24, 2.45) is 5.92 Å². The summed E-state index contributed by atoms with van der Waals surface area (Å²) in [6.07, 6.45) is 2.26. The number of carbonyl (C=O) groups is 3. The van der Waals surface area contributed by atoms with Gasteiger partial charge in [-0.2, -0.15) is 0 Å². The second-order valence-corrected chi connectivity index (χ2v) is 6.17. The van der Waals surface area contributed by atoms with Gasteiger partial charge in [0.15, 0.2) is 6.61 Å². The highest BCUT2D eigenvalue weighted by Gasteiger charge is 2.28. The molecule has 142 valence electrons. The van der Waals surface area contributed by atoms with Gasteiger partial charge in [0, 0.05) is 6.04 Å². The van der Waals surface area contributed by atoms with E-state index in [9.17, 15) is 14.4 Å². The number of hydrogen-bond acceptors (Lipinski definition) is 6. The smallest absolute Gasteiger partial charge is 0.338 e. The maximum atomic E-state index is 12.0. The van der Waals surface area contributed by atoms with Crippen molar-refractivity contribution in [1.29, 1.82) is 0 Å². The van der Waals surface area contributed by atoms with Crippen molar-refractivity contribution in [1.82, 2.24) is 5.32 Å². The van der Waals surface area contributed by atoms with Crippen LogP contribution in [0.5, 0.6) is 5.75 Å². The lowest BCUT2D eigenvalue weighted by molar-refractivity contribution is -0.123. The number of esters is 2. The molecule has 1 saturated carbocycles. The van der Waals surface area contributed by atoms with Gasteiger partial charge in [-0.05, 0) is 57.7 Å². The molecule has 0 saturated heterocycles. The van der Waals surface area contributed by atoms with Crippen LogP contribution in [0.15, 0.2) is 18.2 Å². The molecule has 0 aliphatic heterocycles. The molecule has 1 fully saturated rings. The highest BCUT2D eigenvalue weighted by atomic mass is 16.5. The van der Waals surface area contributed by atoms with Crippen LogP contribution in [-0.4, -0.2) is 43.7 Å². The fourth-order valence-corrected chi connectivity index (χ4v) is 2.51. The Morgan fingerprint density at radius 3 is 2.04 bits per heavy atom. The summed E-state index contributed by atoms with van der Waals surface area (Å²) in [5, 5.41) is 2.88. The van der Waals surface area contributed by atoms with Crippen LogP contribution in [0.3, 0.4) is 0 Å². The van der Waals surface area contributed by atoms with Crippen LogP contribution in [0.1, 0.15) is 54.3 Å². The molecule has 2 rings (SSSR count). The highest BCUT2D eigenvalue weighted by Crippen LogP contribution is 2.32. The van der Waals surface area contributed by atoms with Crippen molar-refractivity contribution in [3.8, 4) is 5.75 Å². The summed E-state index contributed by atoms with van der Waals surface area (Å²) in [5.41, 5.74) is 0.332. The molecule has 0 spiro atoms. The summed E-state index contributed by atoms with van der Waals surface area (Å²) in [4.78, 5) is 36.0. The number of nitrogens with one attached hydrogen (secondary N) is 1. The third-order valence-corrected chi connectivity index (χ3v) is 4.02. The SMILES string of the molecule is CCOC(=O)c1cc(OCC(=O)N[C@@H](C)C2CC2)cc(C(=O)OCC)c1. The van der Waals surface area contributed by atoms with Crippen LogP contribution in [0, 0.1) is 5.92 Å². The van der Waals surface area contributed by atoms with E-state index in [2.05, 4.69) is 5.32 Å². The van der Waals surface area contributed by atoms with E-state index >= 15 is 0 Å². The zero-order chi connectivity index (χ0) is 19.1. The van der Waals surface area contributed by atoms with Crippen LogP contribution in [0.4, 0.5) is 0 Å². The number of rotatable bonds is 9. The molecule has 7 heteroatoms. The van der Waals surface area contributed by atoms with E-state index in [1.165, 1.54) is 18.2 Å². The molecule has 1 aromatic rings. The molecule has 0 heterocycles. The minimum Gasteiger partial charge on any atom is -0.484 e. The summed E-state index contributed by atoms with van der Waals surface area (Å²) in [5.74, 6) is -0.622. The molecular formula is C19H25NO6. The van der Waals surface area contributed by atoms with E-state index in [-0.39, 0.29) is 48.6 Å². The minimum atomic E-state index is -0.574. The quantitative estimate of drug-likeness (QED) is 0.677. The molecule has 7 nitrogen and oxygen atoms in total. The molecule has 0 aromatic heterocycles. The first-order valence-corrected chi connectivity index (χ1v) is 8.86. The zero-order valence-corrected chi connectivity index (χ0v) is 15.4. The van der Waals surface area contributed by atoms with Gasteiger partial charge in [0.25, 0.3) is 5.91 Å². The van der Waals surface area contributed by atoms with E-state index in [0.717, 1.165) is 12.8 Å². The van der Waals surface area contributed by atoms with Crippen molar-refractivity contribution >= 4 is 17.8 Å². The van der Waals surface area contributed by atoms with E-state index in [4.69, 9.17) is 14.2 Å². The number of carbonyl (C=O) groups excluding carboxylic acids is 3. The molecule has 26 heavy (non-hydrogen) atoms. The van der Waals surface area contributed by atoms with Crippen molar-refractivity contribution in [3.05, 3.63) is 29.3 Å². The lowest BCUT2D eigenvalue weighted by Crippen LogP contribution is -2.37. The lowest BCUT2D eigenvalue weighted by atomic mass is 10.1. The molecule has 1 aliphatic rings. The summed E-state index contributed by atoms with van der Waals surface area (Å²) in [6.45, 7) is 5.56. The van der Waals surface area contributed by atoms with E-state index in [1.807, 2.05) is 6.92 Å². The van der Waals surface area contributed by atoms with E-state index in [1.54, 1.807) is 13.8 Å². The Balaban J connectivity index is 2.07. The lowest BCUT2D eigenvalue weighted by Gasteiger charge is -2.14. The van der Waals surface area contributed by atoms with Gasteiger partial charge in [0.05, 0.1) is 24.3 Å². The molecule has 1 N–H and O–H groups in total. The molecule has 0 bridgehead atoms. The fraction of sp³-hybridized carbons (Fsp3) is 0.526. The monoisotopic (exact) mass is 363 g/mol. The first kappa shape index (κ1) is 19.8. The third-order valence-electron chi connectivity index (χ3n) is 4.02. The summed E-state index contributed by atoms with van der Waals surface area (Å²) < 4.78 is 15.4. The Bertz CT molecular complexity index is 632. The number of ether oxygens (including phenoxy) is 3. The van der Waals surface area contributed by atoms with Crippen LogP contribution in [0.2, 0.25) is 0 Å². The van der Waals surface area contributed by atoms with Gasteiger partial charge >= 0.3 is 11.9 Å². The first-order valence-electron chi connectivity index (χ1n) is 8.86. The standard InChI is InChI=1S/C19H25NO6/c1-4-24-18(22)14-8-15(19(23)25-5-2)10-16(9-14)26-11-17(21)20-12(3)13-6-7-13/h8-10,12-13H,4-7,11H2,1-3H3,(H,20,21)/t12-/m0/s1. The van der Waals surface area contributed by atoms with Gasteiger partial charge in [0.2, 0.25) is 0 Å². The van der Waals surface area contributed by atoms with Gasteiger partial charge in [-0.3, -0.25) is 4.79 Å². The second kappa shape index (κ2) is 9.22. The third kappa shape index (κ3) is 5.75. The number of amides is 1.